The molecular formula is C11H22ClNO3. The Labute approximate surface area is 104 Å². The van der Waals surface area contributed by atoms with Crippen molar-refractivity contribution in [2.75, 3.05) is 39.5 Å². The molecule has 0 aromatic carbocycles. The number of halogens is 1. The lowest BCUT2D eigenvalue weighted by atomic mass is 10.2. The van der Waals surface area contributed by atoms with Gasteiger partial charge in [-0.3, -0.25) is 9.69 Å². The second kappa shape index (κ2) is 9.87. The highest BCUT2D eigenvalue weighted by molar-refractivity contribution is 5.85. The van der Waals surface area contributed by atoms with Gasteiger partial charge >= 0.3 is 5.97 Å². The minimum absolute atomic E-state index is 0. The molecule has 0 bridgehead atoms. The van der Waals surface area contributed by atoms with Crippen molar-refractivity contribution in [1.29, 1.82) is 0 Å². The van der Waals surface area contributed by atoms with Crippen LogP contribution in [0.15, 0.2) is 0 Å². The molecule has 4 nitrogen and oxygen atoms in total. The largest absolute Gasteiger partial charge is 0.466 e. The third-order valence-corrected chi connectivity index (χ3v) is 2.51. The van der Waals surface area contributed by atoms with Crippen molar-refractivity contribution in [2.45, 2.75) is 26.2 Å². The van der Waals surface area contributed by atoms with Gasteiger partial charge in [0.2, 0.25) is 0 Å². The number of unbranched alkanes of at least 4 members (excludes halogenated alkanes) is 1. The number of hydrogen-bond donors (Lipinski definition) is 0. The molecule has 0 N–H and O–H groups in total. The average Bonchev–Trinajstić information content (AvgIpc) is 2.26. The molecule has 1 heterocycles. The number of morpholine rings is 1. The zero-order chi connectivity index (χ0) is 10.9. The maximum Gasteiger partial charge on any atom is 0.305 e. The molecule has 0 atom stereocenters. The first-order chi connectivity index (χ1) is 7.33. The molecule has 1 rings (SSSR count). The zero-order valence-electron chi connectivity index (χ0n) is 9.94. The lowest BCUT2D eigenvalue weighted by Crippen LogP contribution is -2.36. The number of nitrogens with zero attached hydrogens (tertiary/aromatic N) is 1. The SMILES string of the molecule is CCOC(=O)CCCCN1CCOCC1.Cl. The average molecular weight is 252 g/mol. The van der Waals surface area contributed by atoms with Crippen molar-refractivity contribution in [3.05, 3.63) is 0 Å². The molecule has 0 aromatic rings. The minimum atomic E-state index is -0.0699. The van der Waals surface area contributed by atoms with Crippen molar-refractivity contribution >= 4 is 18.4 Å². The lowest BCUT2D eigenvalue weighted by molar-refractivity contribution is -0.143. The van der Waals surface area contributed by atoms with Gasteiger partial charge in [-0.2, -0.15) is 0 Å². The van der Waals surface area contributed by atoms with Crippen LogP contribution in [0.3, 0.4) is 0 Å². The molecule has 96 valence electrons. The Bertz CT molecular complexity index is 184. The molecule has 0 spiro atoms. The van der Waals surface area contributed by atoms with Crippen LogP contribution in [0.2, 0.25) is 0 Å². The summed E-state index contributed by atoms with van der Waals surface area (Å²) in [7, 11) is 0. The zero-order valence-corrected chi connectivity index (χ0v) is 10.8. The third kappa shape index (κ3) is 7.04. The molecule has 16 heavy (non-hydrogen) atoms. The molecule has 5 heteroatoms. The van der Waals surface area contributed by atoms with E-state index in [1.165, 1.54) is 0 Å². The van der Waals surface area contributed by atoms with E-state index in [9.17, 15) is 4.79 Å². The molecule has 0 aliphatic carbocycles. The van der Waals surface area contributed by atoms with Gasteiger partial charge in [-0.15, -0.1) is 12.4 Å². The molecule has 0 aromatic heterocycles. The van der Waals surface area contributed by atoms with Crippen molar-refractivity contribution < 1.29 is 14.3 Å². The first kappa shape index (κ1) is 15.7. The van der Waals surface area contributed by atoms with Crippen molar-refractivity contribution in [3.8, 4) is 0 Å². The second-order valence-electron chi connectivity index (χ2n) is 3.72. The molecule has 1 aliphatic heterocycles. The smallest absolute Gasteiger partial charge is 0.305 e. The summed E-state index contributed by atoms with van der Waals surface area (Å²) in [5.74, 6) is -0.0699. The maximum atomic E-state index is 11.0. The van der Waals surface area contributed by atoms with E-state index in [-0.39, 0.29) is 18.4 Å². The molecular weight excluding hydrogens is 230 g/mol. The summed E-state index contributed by atoms with van der Waals surface area (Å²) >= 11 is 0. The van der Waals surface area contributed by atoms with Crippen LogP contribution in [0.4, 0.5) is 0 Å². The summed E-state index contributed by atoms with van der Waals surface area (Å²) in [4.78, 5) is 13.4. The van der Waals surface area contributed by atoms with Crippen LogP contribution in [-0.2, 0) is 14.3 Å². The number of hydrogen-bond acceptors (Lipinski definition) is 4. The van der Waals surface area contributed by atoms with E-state index in [0.29, 0.717) is 13.0 Å². The quantitative estimate of drug-likeness (QED) is 0.530. The van der Waals surface area contributed by atoms with Crippen LogP contribution < -0.4 is 0 Å². The van der Waals surface area contributed by atoms with Crippen molar-refractivity contribution in [1.82, 2.24) is 4.90 Å². The first-order valence-corrected chi connectivity index (χ1v) is 5.78. The molecule has 0 saturated carbocycles. The molecule has 0 radical (unpaired) electrons. The van der Waals surface area contributed by atoms with Crippen molar-refractivity contribution in [2.24, 2.45) is 0 Å². The fraction of sp³-hybridized carbons (Fsp3) is 0.909. The van der Waals surface area contributed by atoms with E-state index in [1.54, 1.807) is 0 Å². The van der Waals surface area contributed by atoms with Gasteiger partial charge in [-0.05, 0) is 26.3 Å². The van der Waals surface area contributed by atoms with Gasteiger partial charge < -0.3 is 9.47 Å². The topological polar surface area (TPSA) is 38.8 Å². The van der Waals surface area contributed by atoms with Crippen LogP contribution in [0.1, 0.15) is 26.2 Å². The molecule has 1 fully saturated rings. The van der Waals surface area contributed by atoms with Crippen LogP contribution >= 0.6 is 12.4 Å². The summed E-state index contributed by atoms with van der Waals surface area (Å²) in [5, 5.41) is 0. The van der Waals surface area contributed by atoms with Crippen LogP contribution in [0.5, 0.6) is 0 Å². The number of esters is 1. The molecule has 1 aliphatic rings. The minimum Gasteiger partial charge on any atom is -0.466 e. The second-order valence-corrected chi connectivity index (χ2v) is 3.72. The lowest BCUT2D eigenvalue weighted by Gasteiger charge is -2.26. The summed E-state index contributed by atoms with van der Waals surface area (Å²) < 4.78 is 10.1. The highest BCUT2D eigenvalue weighted by atomic mass is 35.5. The Kier molecular flexibility index (Phi) is 9.68. The van der Waals surface area contributed by atoms with Gasteiger partial charge in [0.25, 0.3) is 0 Å². The number of rotatable bonds is 6. The normalized spacial score (nSPS) is 16.6. The van der Waals surface area contributed by atoms with E-state index in [4.69, 9.17) is 9.47 Å². The fourth-order valence-electron chi connectivity index (χ4n) is 1.66. The highest BCUT2D eigenvalue weighted by Crippen LogP contribution is 2.02. The number of carbonyl (C=O) groups excluding carboxylic acids is 1. The van der Waals surface area contributed by atoms with Gasteiger partial charge in [0.1, 0.15) is 0 Å². The van der Waals surface area contributed by atoms with E-state index in [0.717, 1.165) is 45.7 Å². The predicted octanol–water partition coefficient (Wildman–Crippen LogP) is 1.47. The summed E-state index contributed by atoms with van der Waals surface area (Å²) in [5.41, 5.74) is 0. The Morgan fingerprint density at radius 2 is 2.00 bits per heavy atom. The Morgan fingerprint density at radius 3 is 2.62 bits per heavy atom. The standard InChI is InChI=1S/C11H21NO3.ClH/c1-2-15-11(13)5-3-4-6-12-7-9-14-10-8-12;/h2-10H2,1H3;1H. The number of carbonyl (C=O) groups is 1. The maximum absolute atomic E-state index is 11.0. The monoisotopic (exact) mass is 251 g/mol. The Morgan fingerprint density at radius 1 is 1.31 bits per heavy atom. The molecule has 0 unspecified atom stereocenters. The first-order valence-electron chi connectivity index (χ1n) is 5.78. The van der Waals surface area contributed by atoms with E-state index < -0.39 is 0 Å². The summed E-state index contributed by atoms with van der Waals surface area (Å²) in [6.07, 6.45) is 2.55. The predicted molar refractivity (Wildman–Crippen MR) is 65.0 cm³/mol. The van der Waals surface area contributed by atoms with Crippen LogP contribution in [-0.4, -0.2) is 50.3 Å². The van der Waals surface area contributed by atoms with Gasteiger partial charge in [0.15, 0.2) is 0 Å². The van der Waals surface area contributed by atoms with Gasteiger partial charge in [-0.1, -0.05) is 0 Å². The fourth-order valence-corrected chi connectivity index (χ4v) is 1.66. The Balaban J connectivity index is 0.00000225. The van der Waals surface area contributed by atoms with Gasteiger partial charge in [-0.25, -0.2) is 0 Å². The van der Waals surface area contributed by atoms with E-state index in [1.807, 2.05) is 6.92 Å². The number of ether oxygens (including phenoxy) is 2. The third-order valence-electron chi connectivity index (χ3n) is 2.51. The van der Waals surface area contributed by atoms with Crippen molar-refractivity contribution in [3.63, 3.8) is 0 Å². The highest BCUT2D eigenvalue weighted by Gasteiger charge is 2.09. The van der Waals surface area contributed by atoms with Crippen LogP contribution in [0.25, 0.3) is 0 Å². The molecule has 0 amide bonds. The van der Waals surface area contributed by atoms with E-state index >= 15 is 0 Å². The van der Waals surface area contributed by atoms with Gasteiger partial charge in [0.05, 0.1) is 19.8 Å². The van der Waals surface area contributed by atoms with E-state index in [2.05, 4.69) is 4.90 Å². The molecule has 1 saturated heterocycles. The van der Waals surface area contributed by atoms with Crippen LogP contribution in [0, 0.1) is 0 Å². The Hall–Kier alpha value is -0.320. The van der Waals surface area contributed by atoms with Gasteiger partial charge in [0, 0.05) is 19.5 Å². The summed E-state index contributed by atoms with van der Waals surface area (Å²) in [6, 6.07) is 0. The summed E-state index contributed by atoms with van der Waals surface area (Å²) in [6.45, 7) is 7.14.